The average molecular weight is 456 g/mol. The Hall–Kier alpha value is -3.27. The molecule has 0 aliphatic carbocycles. The van der Waals surface area contributed by atoms with Crippen molar-refractivity contribution in [2.24, 2.45) is 13.0 Å². The Kier molecular flexibility index (Phi) is 6.93. The van der Waals surface area contributed by atoms with Crippen LogP contribution in [0.4, 0.5) is 5.69 Å². The summed E-state index contributed by atoms with van der Waals surface area (Å²) in [5, 5.41) is 3.31. The van der Waals surface area contributed by atoms with Gasteiger partial charge in [0.2, 0.25) is 5.91 Å². The van der Waals surface area contributed by atoms with Crippen molar-refractivity contribution in [1.82, 2.24) is 19.1 Å². The van der Waals surface area contributed by atoms with Crippen LogP contribution >= 0.6 is 11.8 Å². The van der Waals surface area contributed by atoms with Gasteiger partial charge in [-0.15, -0.1) is 0 Å². The molecule has 0 spiro atoms. The van der Waals surface area contributed by atoms with Crippen molar-refractivity contribution >= 4 is 40.2 Å². The highest BCUT2D eigenvalue weighted by molar-refractivity contribution is 8.00. The van der Waals surface area contributed by atoms with Crippen molar-refractivity contribution in [3.05, 3.63) is 56.5 Å². The molecule has 168 valence electrons. The fourth-order valence-corrected chi connectivity index (χ4v) is 4.08. The standard InChI is InChI=1S/C22H25N5O4S/c1-12(2)10-27-19-18(21(30)26(5)22(27)31)20(24-14(4)23-19)32-11-17(29)25-16-8-6-7-15(9-16)13(3)28/h6-9,12H,10-11H2,1-5H3,(H,25,29). The highest BCUT2D eigenvalue weighted by Gasteiger charge is 2.19. The molecule has 1 N–H and O–H groups in total. The van der Waals surface area contributed by atoms with E-state index < -0.39 is 11.2 Å². The van der Waals surface area contributed by atoms with Gasteiger partial charge in [0.25, 0.3) is 5.56 Å². The van der Waals surface area contributed by atoms with Crippen molar-refractivity contribution in [1.29, 1.82) is 0 Å². The number of aromatic nitrogens is 4. The zero-order chi connectivity index (χ0) is 23.6. The number of fused-ring (bicyclic) bond motifs is 1. The molecule has 3 aromatic rings. The van der Waals surface area contributed by atoms with E-state index in [-0.39, 0.29) is 34.4 Å². The number of amides is 1. The molecule has 0 fully saturated rings. The summed E-state index contributed by atoms with van der Waals surface area (Å²) in [5.41, 5.74) is 0.347. The highest BCUT2D eigenvalue weighted by atomic mass is 32.2. The Morgan fingerprint density at radius 2 is 1.91 bits per heavy atom. The lowest BCUT2D eigenvalue weighted by molar-refractivity contribution is -0.113. The number of nitrogens with zero attached hydrogens (tertiary/aromatic N) is 4. The summed E-state index contributed by atoms with van der Waals surface area (Å²) in [7, 11) is 1.42. The number of rotatable bonds is 7. The number of nitrogens with one attached hydrogen (secondary N) is 1. The maximum absolute atomic E-state index is 12.9. The summed E-state index contributed by atoms with van der Waals surface area (Å²) < 4.78 is 2.52. The number of anilines is 1. The molecule has 0 bridgehead atoms. The third-order valence-electron chi connectivity index (χ3n) is 4.70. The third-order valence-corrected chi connectivity index (χ3v) is 5.68. The number of Topliss-reactive ketones (excluding diaryl/α,β-unsaturated/α-hetero) is 1. The molecule has 9 nitrogen and oxygen atoms in total. The molecule has 2 heterocycles. The lowest BCUT2D eigenvalue weighted by Crippen LogP contribution is -2.39. The molecule has 10 heteroatoms. The number of thioether (sulfide) groups is 1. The fraction of sp³-hybridized carbons (Fsp3) is 0.364. The van der Waals surface area contributed by atoms with Crippen LogP contribution in [-0.2, 0) is 18.4 Å². The summed E-state index contributed by atoms with van der Waals surface area (Å²) >= 11 is 1.10. The van der Waals surface area contributed by atoms with Crippen LogP contribution in [-0.4, -0.2) is 36.5 Å². The predicted octanol–water partition coefficient (Wildman–Crippen LogP) is 2.39. The monoisotopic (exact) mass is 455 g/mol. The highest BCUT2D eigenvalue weighted by Crippen LogP contribution is 2.23. The summed E-state index contributed by atoms with van der Waals surface area (Å²) in [6, 6.07) is 6.67. The molecule has 2 aromatic heterocycles. The van der Waals surface area contributed by atoms with Crippen molar-refractivity contribution in [3.63, 3.8) is 0 Å². The number of ketones is 1. The molecule has 0 unspecified atom stereocenters. The molecule has 0 radical (unpaired) electrons. The normalized spacial score (nSPS) is 11.2. The minimum atomic E-state index is -0.498. The SMILES string of the molecule is CC(=O)c1cccc(NC(=O)CSc2nc(C)nc3c2c(=O)n(C)c(=O)n3CC(C)C)c1. The van der Waals surface area contributed by atoms with Gasteiger partial charge in [-0.25, -0.2) is 14.8 Å². The van der Waals surface area contributed by atoms with Gasteiger partial charge < -0.3 is 5.32 Å². The van der Waals surface area contributed by atoms with E-state index in [0.29, 0.717) is 28.6 Å². The second-order valence-corrected chi connectivity index (χ2v) is 8.86. The number of carbonyl (C=O) groups excluding carboxylic acids is 2. The first-order valence-electron chi connectivity index (χ1n) is 10.1. The number of aryl methyl sites for hydroxylation is 1. The third kappa shape index (κ3) is 4.96. The topological polar surface area (TPSA) is 116 Å². The van der Waals surface area contributed by atoms with E-state index >= 15 is 0 Å². The number of benzene rings is 1. The van der Waals surface area contributed by atoms with Crippen LogP contribution in [0.1, 0.15) is 37.0 Å². The first-order valence-corrected chi connectivity index (χ1v) is 11.1. The fourth-order valence-electron chi connectivity index (χ4n) is 3.22. The lowest BCUT2D eigenvalue weighted by Gasteiger charge is -2.15. The molecule has 1 aromatic carbocycles. The largest absolute Gasteiger partial charge is 0.332 e. The van der Waals surface area contributed by atoms with Crippen LogP contribution in [0, 0.1) is 12.8 Å². The lowest BCUT2D eigenvalue weighted by atomic mass is 10.1. The van der Waals surface area contributed by atoms with Gasteiger partial charge in [-0.05, 0) is 31.9 Å². The minimum absolute atomic E-state index is 0.0116. The molecule has 0 aliphatic rings. The number of hydrogen-bond donors (Lipinski definition) is 1. The second kappa shape index (κ2) is 9.47. The van der Waals surface area contributed by atoms with Crippen molar-refractivity contribution in [2.45, 2.75) is 39.3 Å². The van der Waals surface area contributed by atoms with Gasteiger partial charge in [-0.1, -0.05) is 37.7 Å². The van der Waals surface area contributed by atoms with Crippen LogP contribution in [0.15, 0.2) is 38.9 Å². The van der Waals surface area contributed by atoms with Gasteiger partial charge in [0.15, 0.2) is 11.4 Å². The summed E-state index contributed by atoms with van der Waals surface area (Å²) in [5.74, 6) is 0.146. The first-order chi connectivity index (χ1) is 15.1. The van der Waals surface area contributed by atoms with E-state index in [1.54, 1.807) is 31.2 Å². The van der Waals surface area contributed by atoms with E-state index in [4.69, 9.17) is 0 Å². The molecule has 3 rings (SSSR count). The van der Waals surface area contributed by atoms with Crippen molar-refractivity contribution in [3.8, 4) is 0 Å². The van der Waals surface area contributed by atoms with E-state index in [1.807, 2.05) is 13.8 Å². The van der Waals surface area contributed by atoms with Crippen molar-refractivity contribution < 1.29 is 9.59 Å². The minimum Gasteiger partial charge on any atom is -0.325 e. The Morgan fingerprint density at radius 1 is 1.19 bits per heavy atom. The van der Waals surface area contributed by atoms with E-state index in [0.717, 1.165) is 16.3 Å². The first kappa shape index (κ1) is 23.4. The van der Waals surface area contributed by atoms with Crippen molar-refractivity contribution in [2.75, 3.05) is 11.1 Å². The van der Waals surface area contributed by atoms with Gasteiger partial charge in [0.05, 0.1) is 5.75 Å². The Balaban J connectivity index is 1.94. The molecule has 1 amide bonds. The quantitative estimate of drug-likeness (QED) is 0.330. The van der Waals surface area contributed by atoms with Gasteiger partial charge in [0, 0.05) is 24.8 Å². The summed E-state index contributed by atoms with van der Waals surface area (Å²) in [6.07, 6.45) is 0. The van der Waals surface area contributed by atoms with Gasteiger partial charge >= 0.3 is 5.69 Å². The van der Waals surface area contributed by atoms with Gasteiger partial charge in [-0.3, -0.25) is 23.5 Å². The predicted molar refractivity (Wildman–Crippen MR) is 124 cm³/mol. The van der Waals surface area contributed by atoms with Gasteiger partial charge in [0.1, 0.15) is 16.2 Å². The number of hydrogen-bond acceptors (Lipinski definition) is 7. The van der Waals surface area contributed by atoms with E-state index in [2.05, 4.69) is 15.3 Å². The molecule has 0 aliphatic heterocycles. The molecular weight excluding hydrogens is 430 g/mol. The van der Waals surface area contributed by atoms with Gasteiger partial charge in [-0.2, -0.15) is 0 Å². The van der Waals surface area contributed by atoms with Crippen LogP contribution in [0.5, 0.6) is 0 Å². The molecule has 32 heavy (non-hydrogen) atoms. The zero-order valence-corrected chi connectivity index (χ0v) is 19.4. The molecule has 0 saturated carbocycles. The van der Waals surface area contributed by atoms with Crippen LogP contribution < -0.4 is 16.6 Å². The zero-order valence-electron chi connectivity index (χ0n) is 18.6. The van der Waals surface area contributed by atoms with E-state index in [9.17, 15) is 19.2 Å². The number of carbonyl (C=O) groups is 2. The average Bonchev–Trinajstić information content (AvgIpc) is 2.73. The van der Waals surface area contributed by atoms with Crippen LogP contribution in [0.2, 0.25) is 0 Å². The van der Waals surface area contributed by atoms with Crippen LogP contribution in [0.25, 0.3) is 11.0 Å². The molecule has 0 saturated heterocycles. The van der Waals surface area contributed by atoms with Crippen LogP contribution in [0.3, 0.4) is 0 Å². The smallest absolute Gasteiger partial charge is 0.325 e. The van der Waals surface area contributed by atoms with E-state index in [1.165, 1.54) is 18.5 Å². The maximum Gasteiger partial charge on any atom is 0.332 e. The maximum atomic E-state index is 12.9. The summed E-state index contributed by atoms with van der Waals surface area (Å²) in [4.78, 5) is 58.3. The Labute approximate surface area is 188 Å². The second-order valence-electron chi connectivity index (χ2n) is 7.90. The Bertz CT molecular complexity index is 1330. The molecule has 0 atom stereocenters. The molecular formula is C22H25N5O4S. The Morgan fingerprint density at radius 3 is 2.56 bits per heavy atom. The summed E-state index contributed by atoms with van der Waals surface area (Å²) in [6.45, 7) is 7.48.